The summed E-state index contributed by atoms with van der Waals surface area (Å²) in [6, 6.07) is 5.64. The number of rotatable bonds is 10. The van der Waals surface area contributed by atoms with Crippen molar-refractivity contribution < 1.29 is 42.5 Å². The molecule has 6 rings (SSSR count). The Hall–Kier alpha value is -2.32. The topological polar surface area (TPSA) is 115 Å². The molecule has 10 atom stereocenters. The molecule has 4 fully saturated rings. The molecule has 0 bridgehead atoms. The zero-order chi connectivity index (χ0) is 33.8. The number of pyridine rings is 1. The number of hydrogen-bond acceptors (Lipinski definition) is 10. The van der Waals surface area contributed by atoms with Gasteiger partial charge in [0.25, 0.3) is 0 Å². The molecular formula is C34H42F2N2O7S2. The van der Waals surface area contributed by atoms with E-state index in [0.717, 1.165) is 17.5 Å². The Morgan fingerprint density at radius 2 is 2.02 bits per heavy atom. The first-order chi connectivity index (χ1) is 22.3. The quantitative estimate of drug-likeness (QED) is 0.243. The summed E-state index contributed by atoms with van der Waals surface area (Å²) in [4.78, 5) is 45.1. The van der Waals surface area contributed by atoms with Crippen LogP contribution in [0.2, 0.25) is 0 Å². The maximum Gasteiger partial charge on any atom is 0.409 e. The smallest absolute Gasteiger partial charge is 0.409 e. The van der Waals surface area contributed by atoms with E-state index in [9.17, 15) is 19.5 Å². The van der Waals surface area contributed by atoms with Crippen LogP contribution < -0.4 is 0 Å². The van der Waals surface area contributed by atoms with Crippen LogP contribution in [0, 0.1) is 22.7 Å². The molecule has 1 aromatic heterocycles. The SMILES string of the molecule is CCCC1O[C@@H]2C[C@H]3[C@@H]4C[C@H](F)C5=CC(=O)C=C[C@]5(C)[C@@]4(F)[C@@H](O)C[C@]3(C)[C@]2(C(=O)COC(=O)N(C)CCSSc2ccccn2)O1. The van der Waals surface area contributed by atoms with Crippen molar-refractivity contribution in [1.29, 1.82) is 0 Å². The lowest BCUT2D eigenvalue weighted by Crippen LogP contribution is -2.71. The van der Waals surface area contributed by atoms with Crippen molar-refractivity contribution in [2.75, 3.05) is 26.0 Å². The second-order valence-electron chi connectivity index (χ2n) is 13.8. The number of fused-ring (bicyclic) bond motifs is 7. The molecular weight excluding hydrogens is 651 g/mol. The van der Waals surface area contributed by atoms with Crippen LogP contribution in [0.25, 0.3) is 0 Å². The van der Waals surface area contributed by atoms with Crippen molar-refractivity contribution in [2.45, 2.75) is 93.8 Å². The summed E-state index contributed by atoms with van der Waals surface area (Å²) < 4.78 is 51.8. The van der Waals surface area contributed by atoms with E-state index in [2.05, 4.69) is 4.98 Å². The number of nitrogens with zero attached hydrogens (tertiary/aromatic N) is 2. The number of aliphatic hydroxyl groups is 1. The fourth-order valence-electron chi connectivity index (χ4n) is 8.99. The first-order valence-electron chi connectivity index (χ1n) is 16.2. The second kappa shape index (κ2) is 12.9. The summed E-state index contributed by atoms with van der Waals surface area (Å²) in [5, 5.41) is 12.6. The van der Waals surface area contributed by atoms with Crippen LogP contribution in [0.5, 0.6) is 0 Å². The minimum atomic E-state index is -2.30. The molecule has 1 unspecified atom stereocenters. The Bertz CT molecular complexity index is 1470. The number of allylic oxidation sites excluding steroid dienone is 4. The first kappa shape index (κ1) is 34.5. The zero-order valence-corrected chi connectivity index (χ0v) is 28.7. The molecule has 0 aromatic carbocycles. The largest absolute Gasteiger partial charge is 0.441 e. The summed E-state index contributed by atoms with van der Waals surface area (Å²) in [6.07, 6.45) is 1.17. The number of amides is 1. The third kappa shape index (κ3) is 5.39. The molecule has 1 N–H and O–H groups in total. The molecule has 4 aliphatic carbocycles. The lowest BCUT2D eigenvalue weighted by Gasteiger charge is -2.63. The molecule has 0 radical (unpaired) electrons. The number of ketones is 2. The lowest BCUT2D eigenvalue weighted by molar-refractivity contribution is -0.234. The molecule has 5 aliphatic rings. The van der Waals surface area contributed by atoms with E-state index < -0.39 is 82.9 Å². The van der Waals surface area contributed by atoms with Crippen LogP contribution in [0.4, 0.5) is 13.6 Å². The van der Waals surface area contributed by atoms with E-state index in [1.54, 1.807) is 27.1 Å². The molecule has 1 amide bonds. The Balaban J connectivity index is 1.20. The van der Waals surface area contributed by atoms with Gasteiger partial charge in [0.15, 0.2) is 29.9 Å². The number of halogens is 2. The summed E-state index contributed by atoms with van der Waals surface area (Å²) in [7, 11) is 4.62. The fourth-order valence-corrected chi connectivity index (χ4v) is 10.9. The van der Waals surface area contributed by atoms with Gasteiger partial charge in [-0.2, -0.15) is 0 Å². The van der Waals surface area contributed by atoms with E-state index in [1.807, 2.05) is 25.1 Å². The standard InChI is InChI=1S/C34H42F2N2O7S2/c1-5-8-29-44-27-17-21-22-16-24(35)23-15-20(39)10-11-31(23,2)33(22,36)25(40)18-32(21,3)34(27,45-29)26(41)19-43-30(42)38(4)13-14-46-47-28-9-6-7-12-37-28/h6-7,9-12,15,21-22,24-25,27,29,40H,5,8,13-14,16-19H2,1-4H3/t21-,22-,24-,25-,27+,29?,31-,32-,33-,34+/m0/s1. The number of carbonyl (C=O) groups excluding carboxylic acids is 3. The van der Waals surface area contributed by atoms with Gasteiger partial charge in [-0.15, -0.1) is 0 Å². The predicted octanol–water partition coefficient (Wildman–Crippen LogP) is 5.67. The molecule has 1 aromatic rings. The molecule has 47 heavy (non-hydrogen) atoms. The zero-order valence-electron chi connectivity index (χ0n) is 27.0. The molecule has 0 spiro atoms. The molecule has 13 heteroatoms. The number of aliphatic hydroxyl groups excluding tert-OH is 1. The van der Waals surface area contributed by atoms with Crippen molar-refractivity contribution in [2.24, 2.45) is 22.7 Å². The third-order valence-electron chi connectivity index (χ3n) is 11.3. The normalized spacial score (nSPS) is 40.1. The van der Waals surface area contributed by atoms with Crippen LogP contribution >= 0.6 is 21.6 Å². The number of aromatic nitrogens is 1. The summed E-state index contributed by atoms with van der Waals surface area (Å²) in [5.74, 6) is -1.92. The molecule has 1 saturated heterocycles. The van der Waals surface area contributed by atoms with Crippen LogP contribution in [-0.4, -0.2) is 94.5 Å². The van der Waals surface area contributed by atoms with Crippen LogP contribution in [0.3, 0.4) is 0 Å². The van der Waals surface area contributed by atoms with Gasteiger partial charge in [-0.25, -0.2) is 18.6 Å². The van der Waals surface area contributed by atoms with Gasteiger partial charge in [0.05, 0.1) is 12.2 Å². The van der Waals surface area contributed by atoms with E-state index in [4.69, 9.17) is 14.2 Å². The van der Waals surface area contributed by atoms with Crippen LogP contribution in [0.1, 0.15) is 52.9 Å². The van der Waals surface area contributed by atoms with Crippen molar-refractivity contribution in [3.8, 4) is 0 Å². The monoisotopic (exact) mass is 692 g/mol. The Labute approximate surface area is 281 Å². The van der Waals surface area contributed by atoms with Gasteiger partial charge in [0.1, 0.15) is 11.2 Å². The average molecular weight is 693 g/mol. The van der Waals surface area contributed by atoms with Crippen molar-refractivity contribution >= 4 is 39.2 Å². The predicted molar refractivity (Wildman–Crippen MR) is 173 cm³/mol. The maximum atomic E-state index is 17.6. The van der Waals surface area contributed by atoms with Gasteiger partial charge >= 0.3 is 6.09 Å². The molecule has 256 valence electrons. The van der Waals surface area contributed by atoms with E-state index >= 15 is 8.78 Å². The van der Waals surface area contributed by atoms with Gasteiger partial charge in [0, 0.05) is 42.3 Å². The van der Waals surface area contributed by atoms with Crippen molar-refractivity contribution in [3.63, 3.8) is 0 Å². The Kier molecular flexibility index (Phi) is 9.45. The number of ether oxygens (including phenoxy) is 3. The Morgan fingerprint density at radius 1 is 1.23 bits per heavy atom. The molecule has 9 nitrogen and oxygen atoms in total. The number of carbonyl (C=O) groups is 3. The highest BCUT2D eigenvalue weighted by Crippen LogP contribution is 2.72. The summed E-state index contributed by atoms with van der Waals surface area (Å²) in [5.41, 5.74) is -6.58. The fraction of sp³-hybridized carbons (Fsp3) is 0.647. The van der Waals surface area contributed by atoms with Gasteiger partial charge in [0.2, 0.25) is 5.78 Å². The van der Waals surface area contributed by atoms with Gasteiger partial charge in [-0.05, 0) is 79.2 Å². The number of Topliss-reactive ketones (excluding diaryl/α,β-unsaturated/α-hetero) is 1. The van der Waals surface area contributed by atoms with E-state index in [-0.39, 0.29) is 24.8 Å². The van der Waals surface area contributed by atoms with E-state index in [0.29, 0.717) is 18.7 Å². The third-order valence-corrected chi connectivity index (χ3v) is 13.5. The van der Waals surface area contributed by atoms with Crippen LogP contribution in [-0.2, 0) is 23.8 Å². The summed E-state index contributed by atoms with van der Waals surface area (Å²) in [6.45, 7) is 5.07. The molecule has 1 aliphatic heterocycles. The van der Waals surface area contributed by atoms with Crippen molar-refractivity contribution in [3.05, 3.63) is 48.2 Å². The lowest BCUT2D eigenvalue weighted by atomic mass is 9.44. The average Bonchev–Trinajstić information content (AvgIpc) is 3.53. The highest BCUT2D eigenvalue weighted by molar-refractivity contribution is 8.76. The van der Waals surface area contributed by atoms with Gasteiger partial charge in [-0.1, -0.05) is 43.2 Å². The molecule has 3 saturated carbocycles. The maximum absolute atomic E-state index is 17.6. The van der Waals surface area contributed by atoms with E-state index in [1.165, 1.54) is 38.6 Å². The second-order valence-corrected chi connectivity index (χ2v) is 16.2. The first-order valence-corrected chi connectivity index (χ1v) is 18.5. The Morgan fingerprint density at radius 3 is 2.74 bits per heavy atom. The van der Waals surface area contributed by atoms with Crippen LogP contribution in [0.15, 0.2) is 53.2 Å². The van der Waals surface area contributed by atoms with Gasteiger partial charge in [-0.3, -0.25) is 9.59 Å². The highest BCUT2D eigenvalue weighted by atomic mass is 33.1. The minimum absolute atomic E-state index is 0.0376. The van der Waals surface area contributed by atoms with Gasteiger partial charge < -0.3 is 24.2 Å². The highest BCUT2D eigenvalue weighted by Gasteiger charge is 2.80. The van der Waals surface area contributed by atoms with Crippen molar-refractivity contribution in [1.82, 2.24) is 9.88 Å². The number of hydrogen-bond donors (Lipinski definition) is 1. The number of alkyl halides is 2. The molecule has 2 heterocycles. The summed E-state index contributed by atoms with van der Waals surface area (Å²) >= 11 is 0. The minimum Gasteiger partial charge on any atom is -0.441 e.